The second-order valence-electron chi connectivity index (χ2n) is 5.25. The molecule has 0 spiro atoms. The molecule has 1 amide bonds. The zero-order valence-corrected chi connectivity index (χ0v) is 15.7. The van der Waals surface area contributed by atoms with Crippen LogP contribution in [0.1, 0.15) is 10.4 Å². The second kappa shape index (κ2) is 8.09. The number of aromatic nitrogens is 1. The molecule has 2 N–H and O–H groups in total. The van der Waals surface area contributed by atoms with Crippen LogP contribution in [0.3, 0.4) is 0 Å². The Morgan fingerprint density at radius 1 is 1.24 bits per heavy atom. The fourth-order valence-corrected chi connectivity index (χ4v) is 3.37. The van der Waals surface area contributed by atoms with Crippen molar-refractivity contribution in [3.8, 4) is 11.3 Å². The molecule has 0 saturated heterocycles. The first-order chi connectivity index (χ1) is 12.2. The molecule has 0 aliphatic rings. The Kier molecular flexibility index (Phi) is 5.63. The van der Waals surface area contributed by atoms with Gasteiger partial charge in [0.2, 0.25) is 0 Å². The molecular formula is C19H16BrN3OS. The monoisotopic (exact) mass is 413 g/mol. The van der Waals surface area contributed by atoms with Crippen molar-refractivity contribution in [3.63, 3.8) is 0 Å². The van der Waals surface area contributed by atoms with E-state index in [4.69, 9.17) is 0 Å². The molecule has 1 aromatic heterocycles. The number of anilines is 2. The zero-order chi connectivity index (χ0) is 17.6. The third-order valence-electron chi connectivity index (χ3n) is 3.40. The number of benzene rings is 2. The van der Waals surface area contributed by atoms with E-state index >= 15 is 0 Å². The Morgan fingerprint density at radius 3 is 2.88 bits per heavy atom. The fraction of sp³-hybridized carbons (Fsp3) is 0.0526. The minimum atomic E-state index is -0.148. The Balaban J connectivity index is 1.76. The van der Waals surface area contributed by atoms with Crippen molar-refractivity contribution in [2.45, 2.75) is 0 Å². The first-order valence-corrected chi connectivity index (χ1v) is 9.30. The minimum Gasteiger partial charge on any atom is -0.358 e. The van der Waals surface area contributed by atoms with Crippen LogP contribution >= 0.6 is 27.3 Å². The first kappa shape index (κ1) is 17.4. The van der Waals surface area contributed by atoms with Crippen molar-refractivity contribution in [1.82, 2.24) is 4.98 Å². The van der Waals surface area contributed by atoms with Gasteiger partial charge in [0.1, 0.15) is 0 Å². The summed E-state index contributed by atoms with van der Waals surface area (Å²) >= 11 is 4.92. The lowest BCUT2D eigenvalue weighted by molar-refractivity contribution is 0.102. The Bertz CT molecular complexity index is 907. The maximum absolute atomic E-state index is 12.4. The highest BCUT2D eigenvalue weighted by Crippen LogP contribution is 2.27. The topological polar surface area (TPSA) is 54.0 Å². The molecule has 0 radical (unpaired) electrons. The third-order valence-corrected chi connectivity index (χ3v) is 4.70. The standard InChI is InChI=1S/C19H16BrN3OS/c1-2-9-21-19-23-17(12-25-19)13-5-4-8-16(11-13)22-18(24)14-6-3-7-15(20)10-14/h2-8,10-12H,1,9H2,(H,21,23)(H,22,24). The molecule has 4 nitrogen and oxygen atoms in total. The summed E-state index contributed by atoms with van der Waals surface area (Å²) in [5, 5.41) is 8.93. The van der Waals surface area contributed by atoms with Crippen LogP contribution in [0.5, 0.6) is 0 Å². The Hall–Kier alpha value is -2.44. The molecule has 0 unspecified atom stereocenters. The van der Waals surface area contributed by atoms with Gasteiger partial charge >= 0.3 is 0 Å². The number of hydrogen-bond donors (Lipinski definition) is 2. The maximum Gasteiger partial charge on any atom is 0.255 e. The van der Waals surface area contributed by atoms with Gasteiger partial charge in [0, 0.05) is 33.2 Å². The average Bonchev–Trinajstić information content (AvgIpc) is 3.09. The van der Waals surface area contributed by atoms with Gasteiger partial charge in [-0.1, -0.05) is 40.2 Å². The van der Waals surface area contributed by atoms with Crippen LogP contribution in [0.15, 0.2) is 71.0 Å². The maximum atomic E-state index is 12.4. The molecule has 0 fully saturated rings. The summed E-state index contributed by atoms with van der Waals surface area (Å²) in [5.74, 6) is -0.148. The summed E-state index contributed by atoms with van der Waals surface area (Å²) < 4.78 is 0.871. The zero-order valence-electron chi connectivity index (χ0n) is 13.3. The number of carbonyl (C=O) groups excluding carboxylic acids is 1. The molecule has 0 aliphatic heterocycles. The third kappa shape index (κ3) is 4.55. The molecule has 3 aromatic rings. The van der Waals surface area contributed by atoms with E-state index in [9.17, 15) is 4.79 Å². The number of carbonyl (C=O) groups is 1. The summed E-state index contributed by atoms with van der Waals surface area (Å²) in [6.45, 7) is 4.36. The molecule has 0 bridgehead atoms. The number of halogens is 1. The van der Waals surface area contributed by atoms with Gasteiger partial charge in [-0.3, -0.25) is 4.79 Å². The van der Waals surface area contributed by atoms with Gasteiger partial charge in [-0.05, 0) is 30.3 Å². The molecule has 0 aliphatic carbocycles. The molecule has 0 saturated carbocycles. The van der Waals surface area contributed by atoms with E-state index in [0.29, 0.717) is 12.1 Å². The van der Waals surface area contributed by atoms with Gasteiger partial charge in [0.25, 0.3) is 5.91 Å². The highest BCUT2D eigenvalue weighted by molar-refractivity contribution is 9.10. The molecule has 6 heteroatoms. The van der Waals surface area contributed by atoms with E-state index < -0.39 is 0 Å². The van der Waals surface area contributed by atoms with E-state index in [1.165, 1.54) is 0 Å². The highest BCUT2D eigenvalue weighted by Gasteiger charge is 2.09. The minimum absolute atomic E-state index is 0.148. The van der Waals surface area contributed by atoms with Crippen molar-refractivity contribution in [3.05, 3.63) is 76.6 Å². The van der Waals surface area contributed by atoms with Crippen LogP contribution in [0, 0.1) is 0 Å². The molecule has 2 aromatic carbocycles. The van der Waals surface area contributed by atoms with E-state index in [1.807, 2.05) is 41.8 Å². The number of hydrogen-bond acceptors (Lipinski definition) is 4. The van der Waals surface area contributed by atoms with E-state index in [1.54, 1.807) is 29.5 Å². The second-order valence-corrected chi connectivity index (χ2v) is 7.03. The Morgan fingerprint density at radius 2 is 2.08 bits per heavy atom. The predicted octanol–water partition coefficient (Wildman–Crippen LogP) is 5.42. The van der Waals surface area contributed by atoms with Gasteiger partial charge in [-0.2, -0.15) is 0 Å². The van der Waals surface area contributed by atoms with Crippen LogP contribution in [-0.2, 0) is 0 Å². The molecule has 3 rings (SSSR count). The fourth-order valence-electron chi connectivity index (χ4n) is 2.24. The molecule has 126 valence electrons. The SMILES string of the molecule is C=CCNc1nc(-c2cccc(NC(=O)c3cccc(Br)c3)c2)cs1. The number of amides is 1. The smallest absolute Gasteiger partial charge is 0.255 e. The van der Waals surface area contributed by atoms with E-state index in [2.05, 4.69) is 38.1 Å². The van der Waals surface area contributed by atoms with Crippen LogP contribution in [0.2, 0.25) is 0 Å². The lowest BCUT2D eigenvalue weighted by Crippen LogP contribution is -2.11. The summed E-state index contributed by atoms with van der Waals surface area (Å²) in [6.07, 6.45) is 1.79. The van der Waals surface area contributed by atoms with Crippen molar-refractivity contribution >= 4 is 44.0 Å². The Labute approximate surface area is 158 Å². The lowest BCUT2D eigenvalue weighted by atomic mass is 10.1. The number of thiazole rings is 1. The largest absolute Gasteiger partial charge is 0.358 e. The quantitative estimate of drug-likeness (QED) is 0.530. The lowest BCUT2D eigenvalue weighted by Gasteiger charge is -2.07. The summed E-state index contributed by atoms with van der Waals surface area (Å²) in [4.78, 5) is 16.9. The number of nitrogens with one attached hydrogen (secondary N) is 2. The van der Waals surface area contributed by atoms with Crippen LogP contribution in [0.4, 0.5) is 10.8 Å². The van der Waals surface area contributed by atoms with Crippen molar-refractivity contribution in [2.24, 2.45) is 0 Å². The normalized spacial score (nSPS) is 10.3. The average molecular weight is 414 g/mol. The van der Waals surface area contributed by atoms with Crippen molar-refractivity contribution in [2.75, 3.05) is 17.2 Å². The van der Waals surface area contributed by atoms with Crippen LogP contribution in [0.25, 0.3) is 11.3 Å². The van der Waals surface area contributed by atoms with Gasteiger partial charge in [0.15, 0.2) is 5.13 Å². The van der Waals surface area contributed by atoms with Crippen LogP contribution in [-0.4, -0.2) is 17.4 Å². The van der Waals surface area contributed by atoms with Gasteiger partial charge in [-0.15, -0.1) is 17.9 Å². The molecule has 1 heterocycles. The van der Waals surface area contributed by atoms with Gasteiger partial charge < -0.3 is 10.6 Å². The van der Waals surface area contributed by atoms with Crippen molar-refractivity contribution in [1.29, 1.82) is 0 Å². The predicted molar refractivity (Wildman–Crippen MR) is 108 cm³/mol. The first-order valence-electron chi connectivity index (χ1n) is 7.63. The molecule has 0 atom stereocenters. The highest BCUT2D eigenvalue weighted by atomic mass is 79.9. The summed E-state index contributed by atoms with van der Waals surface area (Å²) in [5.41, 5.74) is 3.16. The van der Waals surface area contributed by atoms with Crippen molar-refractivity contribution < 1.29 is 4.79 Å². The van der Waals surface area contributed by atoms with Gasteiger partial charge in [-0.25, -0.2) is 4.98 Å². The number of nitrogens with zero attached hydrogens (tertiary/aromatic N) is 1. The molecule has 25 heavy (non-hydrogen) atoms. The van der Waals surface area contributed by atoms with Gasteiger partial charge in [0.05, 0.1) is 5.69 Å². The van der Waals surface area contributed by atoms with Crippen LogP contribution < -0.4 is 10.6 Å². The van der Waals surface area contributed by atoms with E-state index in [-0.39, 0.29) is 5.91 Å². The summed E-state index contributed by atoms with van der Waals surface area (Å²) in [7, 11) is 0. The summed E-state index contributed by atoms with van der Waals surface area (Å²) in [6, 6.07) is 15.0. The molecular weight excluding hydrogens is 398 g/mol. The number of rotatable bonds is 6. The van der Waals surface area contributed by atoms with E-state index in [0.717, 1.165) is 26.5 Å².